The molecule has 1 spiro atoms. The number of aromatic nitrogens is 2. The van der Waals surface area contributed by atoms with E-state index in [1.165, 1.54) is 0 Å². The van der Waals surface area contributed by atoms with E-state index in [4.69, 9.17) is 18.9 Å². The van der Waals surface area contributed by atoms with Crippen molar-refractivity contribution in [1.82, 2.24) is 9.78 Å². The van der Waals surface area contributed by atoms with Crippen LogP contribution in [0.5, 0.6) is 5.88 Å². The molecule has 0 amide bonds. The van der Waals surface area contributed by atoms with E-state index >= 15 is 0 Å². The lowest BCUT2D eigenvalue weighted by molar-refractivity contribution is -0.181. The van der Waals surface area contributed by atoms with E-state index in [1.807, 2.05) is 6.92 Å². The fourth-order valence-electron chi connectivity index (χ4n) is 3.38. The molecule has 140 valence electrons. The van der Waals surface area contributed by atoms with Crippen molar-refractivity contribution in [1.29, 1.82) is 0 Å². The third-order valence-corrected chi connectivity index (χ3v) is 4.71. The highest BCUT2D eigenvalue weighted by Gasteiger charge is 2.41. The highest BCUT2D eigenvalue weighted by molar-refractivity contribution is 5.89. The van der Waals surface area contributed by atoms with Gasteiger partial charge in [0.15, 0.2) is 5.79 Å². The van der Waals surface area contributed by atoms with Crippen LogP contribution in [0.3, 0.4) is 0 Å². The van der Waals surface area contributed by atoms with Crippen molar-refractivity contribution in [2.45, 2.75) is 50.9 Å². The molecule has 0 unspecified atom stereocenters. The van der Waals surface area contributed by atoms with Crippen molar-refractivity contribution in [2.24, 2.45) is 0 Å². The fraction of sp³-hybridized carbons (Fsp3) is 0.765. The molecule has 1 saturated heterocycles. The highest BCUT2D eigenvalue weighted by atomic mass is 16.7. The molecule has 1 aromatic heterocycles. The number of hydrogen-bond acceptors (Lipinski definition) is 6. The summed E-state index contributed by atoms with van der Waals surface area (Å²) >= 11 is 0. The molecule has 1 aliphatic heterocycles. The molecule has 0 atom stereocenters. The number of hydrogen-bond donors (Lipinski definition) is 1. The van der Waals surface area contributed by atoms with Gasteiger partial charge in [-0.2, -0.15) is 0 Å². The molecule has 2 aliphatic rings. The maximum Gasteiger partial charge on any atom is 0.342 e. The summed E-state index contributed by atoms with van der Waals surface area (Å²) in [5.41, 5.74) is 0.102. The van der Waals surface area contributed by atoms with Crippen LogP contribution < -0.4 is 4.74 Å². The number of carbonyl (C=O) groups is 1. The van der Waals surface area contributed by atoms with E-state index < -0.39 is 11.8 Å². The molecule has 1 saturated carbocycles. The third kappa shape index (κ3) is 4.31. The summed E-state index contributed by atoms with van der Waals surface area (Å²) in [5.74, 6) is -1.28. The minimum Gasteiger partial charge on any atom is -0.477 e. The average molecular weight is 354 g/mol. The van der Waals surface area contributed by atoms with E-state index in [-0.39, 0.29) is 17.5 Å². The normalized spacial score (nSPS) is 20.2. The lowest BCUT2D eigenvalue weighted by Crippen LogP contribution is -2.35. The Morgan fingerprint density at radius 1 is 1.36 bits per heavy atom. The van der Waals surface area contributed by atoms with E-state index in [0.29, 0.717) is 39.5 Å². The van der Waals surface area contributed by atoms with Crippen LogP contribution in [0.25, 0.3) is 0 Å². The molecule has 0 radical (unpaired) electrons. The first kappa shape index (κ1) is 18.2. The zero-order valence-electron chi connectivity index (χ0n) is 14.6. The smallest absolute Gasteiger partial charge is 0.342 e. The van der Waals surface area contributed by atoms with Crippen LogP contribution in [-0.4, -0.2) is 59.7 Å². The van der Waals surface area contributed by atoms with Gasteiger partial charge in [0.1, 0.15) is 5.56 Å². The van der Waals surface area contributed by atoms with Gasteiger partial charge < -0.3 is 24.1 Å². The van der Waals surface area contributed by atoms with Crippen LogP contribution in [0, 0.1) is 0 Å². The van der Waals surface area contributed by atoms with Gasteiger partial charge in [-0.25, -0.2) is 4.79 Å². The zero-order chi connectivity index (χ0) is 17.7. The second-order valence-corrected chi connectivity index (χ2v) is 6.37. The Bertz CT molecular complexity index is 572. The predicted octanol–water partition coefficient (Wildman–Crippen LogP) is 2.24. The number of nitrogens with zero attached hydrogens (tertiary/aromatic N) is 2. The quantitative estimate of drug-likeness (QED) is 0.716. The van der Waals surface area contributed by atoms with Crippen molar-refractivity contribution >= 4 is 5.97 Å². The summed E-state index contributed by atoms with van der Waals surface area (Å²) < 4.78 is 24.0. The van der Waals surface area contributed by atoms with Gasteiger partial charge in [0.05, 0.1) is 25.9 Å². The van der Waals surface area contributed by atoms with Crippen LogP contribution in [0.15, 0.2) is 6.20 Å². The molecule has 0 aromatic carbocycles. The van der Waals surface area contributed by atoms with Crippen LogP contribution in [0.4, 0.5) is 0 Å². The van der Waals surface area contributed by atoms with Crippen molar-refractivity contribution in [3.63, 3.8) is 0 Å². The summed E-state index contributed by atoms with van der Waals surface area (Å²) in [5, 5.41) is 13.8. The molecule has 3 rings (SSSR count). The third-order valence-electron chi connectivity index (χ3n) is 4.71. The Morgan fingerprint density at radius 2 is 2.08 bits per heavy atom. The van der Waals surface area contributed by atoms with Crippen LogP contribution in [-0.2, 0) is 14.2 Å². The lowest BCUT2D eigenvalue weighted by Gasteiger charge is -2.35. The molecular weight excluding hydrogens is 328 g/mol. The van der Waals surface area contributed by atoms with Gasteiger partial charge in [0, 0.05) is 38.7 Å². The van der Waals surface area contributed by atoms with Gasteiger partial charge in [-0.1, -0.05) is 0 Å². The Balaban J connectivity index is 1.60. The first-order chi connectivity index (χ1) is 12.1. The van der Waals surface area contributed by atoms with Crippen LogP contribution >= 0.6 is 0 Å². The monoisotopic (exact) mass is 354 g/mol. The number of rotatable bonds is 8. The van der Waals surface area contributed by atoms with E-state index in [1.54, 1.807) is 10.9 Å². The molecule has 25 heavy (non-hydrogen) atoms. The fourth-order valence-corrected chi connectivity index (χ4v) is 3.38. The van der Waals surface area contributed by atoms with Crippen molar-refractivity contribution in [3.05, 3.63) is 11.8 Å². The Labute approximate surface area is 147 Å². The summed E-state index contributed by atoms with van der Waals surface area (Å²) in [6.07, 6.45) is 5.53. The minimum atomic E-state index is -1.03. The minimum absolute atomic E-state index is 0.102. The number of aromatic carboxylic acids is 1. The predicted molar refractivity (Wildman–Crippen MR) is 87.9 cm³/mol. The molecule has 2 fully saturated rings. The van der Waals surface area contributed by atoms with E-state index in [0.717, 1.165) is 25.7 Å². The second-order valence-electron chi connectivity index (χ2n) is 6.37. The van der Waals surface area contributed by atoms with Gasteiger partial charge in [-0.15, -0.1) is 5.10 Å². The molecule has 1 N–H and O–H groups in total. The van der Waals surface area contributed by atoms with E-state index in [9.17, 15) is 9.90 Å². The molecule has 8 nitrogen and oxygen atoms in total. The molecule has 0 bridgehead atoms. The van der Waals surface area contributed by atoms with Crippen molar-refractivity contribution < 1.29 is 28.8 Å². The molecule has 1 aromatic rings. The van der Waals surface area contributed by atoms with E-state index in [2.05, 4.69) is 5.10 Å². The second kappa shape index (κ2) is 8.16. The summed E-state index contributed by atoms with van der Waals surface area (Å²) in [6.45, 7) is 4.86. The highest BCUT2D eigenvalue weighted by Crippen LogP contribution is 2.40. The first-order valence-corrected chi connectivity index (χ1v) is 8.94. The van der Waals surface area contributed by atoms with Crippen molar-refractivity contribution in [3.8, 4) is 5.88 Å². The average Bonchev–Trinajstić information content (AvgIpc) is 3.23. The Hall–Kier alpha value is -1.64. The molecule has 2 heterocycles. The largest absolute Gasteiger partial charge is 0.477 e. The summed E-state index contributed by atoms with van der Waals surface area (Å²) in [4.78, 5) is 11.5. The standard InChI is InChI=1S/C17H26N2O6/c1-2-22-8-3-9-23-15-14(16(20)21)12-19(18-15)13-4-6-17(7-5-13)24-10-11-25-17/h12-13H,2-11H2,1H3,(H,20,21). The SMILES string of the molecule is CCOCCCOc1nn(C2CCC3(CC2)OCCO3)cc1C(=O)O. The number of ether oxygens (including phenoxy) is 4. The number of carboxylic acids is 1. The van der Waals surface area contributed by atoms with Crippen molar-refractivity contribution in [2.75, 3.05) is 33.0 Å². The van der Waals surface area contributed by atoms with Crippen LogP contribution in [0.1, 0.15) is 55.4 Å². The molecule has 1 aliphatic carbocycles. The van der Waals surface area contributed by atoms with Gasteiger partial charge in [-0.3, -0.25) is 4.68 Å². The Kier molecular flexibility index (Phi) is 5.93. The van der Waals surface area contributed by atoms with Gasteiger partial charge >= 0.3 is 5.97 Å². The van der Waals surface area contributed by atoms with Gasteiger partial charge in [0.2, 0.25) is 5.88 Å². The molecule has 8 heteroatoms. The van der Waals surface area contributed by atoms with Gasteiger partial charge in [-0.05, 0) is 19.8 Å². The topological polar surface area (TPSA) is 92.0 Å². The lowest BCUT2D eigenvalue weighted by atomic mass is 9.90. The summed E-state index contributed by atoms with van der Waals surface area (Å²) in [6, 6.07) is 0.136. The number of carboxylic acid groups (broad SMARTS) is 1. The summed E-state index contributed by atoms with van der Waals surface area (Å²) in [7, 11) is 0. The zero-order valence-corrected chi connectivity index (χ0v) is 14.6. The first-order valence-electron chi connectivity index (χ1n) is 8.94. The maximum atomic E-state index is 11.5. The molecular formula is C17H26N2O6. The van der Waals surface area contributed by atoms with Gasteiger partial charge in [0.25, 0.3) is 0 Å². The Morgan fingerprint density at radius 3 is 2.72 bits per heavy atom. The maximum absolute atomic E-state index is 11.5. The van der Waals surface area contributed by atoms with Crippen LogP contribution in [0.2, 0.25) is 0 Å².